The van der Waals surface area contributed by atoms with Crippen LogP contribution in [-0.4, -0.2) is 20.7 Å². The van der Waals surface area contributed by atoms with Crippen LogP contribution in [0.1, 0.15) is 12.5 Å². The van der Waals surface area contributed by atoms with E-state index in [4.69, 9.17) is 0 Å². The Hall–Kier alpha value is -3.02. The van der Waals surface area contributed by atoms with Crippen LogP contribution < -0.4 is 11.0 Å². The Bertz CT molecular complexity index is 871. The molecular formula is C16H15N5O. The smallest absolute Gasteiger partial charge is 0.262 e. The molecular weight excluding hydrogens is 278 g/mol. The molecule has 6 nitrogen and oxygen atoms in total. The minimum atomic E-state index is -0.0767. The Balaban J connectivity index is 1.96. The van der Waals surface area contributed by atoms with E-state index in [1.165, 1.54) is 0 Å². The van der Waals surface area contributed by atoms with Crippen LogP contribution in [0, 0.1) is 0 Å². The number of nitrogens with one attached hydrogen (secondary N) is 1. The van der Waals surface area contributed by atoms with E-state index in [1.807, 2.05) is 37.3 Å². The lowest BCUT2D eigenvalue weighted by Gasteiger charge is -2.10. The van der Waals surface area contributed by atoms with Gasteiger partial charge in [0.15, 0.2) is 0 Å². The van der Waals surface area contributed by atoms with Gasteiger partial charge < -0.3 is 0 Å². The molecule has 0 bridgehead atoms. The van der Waals surface area contributed by atoms with Gasteiger partial charge in [0, 0.05) is 24.5 Å². The molecule has 0 radical (unpaired) electrons. The quantitative estimate of drug-likeness (QED) is 0.591. The van der Waals surface area contributed by atoms with Crippen molar-refractivity contribution in [3.63, 3.8) is 0 Å². The summed E-state index contributed by atoms with van der Waals surface area (Å²) < 4.78 is 1.56. The summed E-state index contributed by atoms with van der Waals surface area (Å²) in [6.07, 6.45) is 5.03. The van der Waals surface area contributed by atoms with Gasteiger partial charge in [-0.25, -0.2) is 10.4 Å². The molecule has 0 atom stereocenters. The van der Waals surface area contributed by atoms with Crippen molar-refractivity contribution < 1.29 is 0 Å². The minimum absolute atomic E-state index is 0.0767. The summed E-state index contributed by atoms with van der Waals surface area (Å²) >= 11 is 0. The number of benzene rings is 1. The van der Waals surface area contributed by atoms with E-state index in [0.717, 1.165) is 5.56 Å². The molecule has 2 heterocycles. The van der Waals surface area contributed by atoms with Gasteiger partial charge in [0.1, 0.15) is 0 Å². The van der Waals surface area contributed by atoms with Gasteiger partial charge in [0.2, 0.25) is 5.95 Å². The van der Waals surface area contributed by atoms with E-state index in [1.54, 1.807) is 29.2 Å². The van der Waals surface area contributed by atoms with Gasteiger partial charge in [0.25, 0.3) is 5.56 Å². The molecule has 2 aromatic heterocycles. The van der Waals surface area contributed by atoms with Gasteiger partial charge in [-0.05, 0) is 25.1 Å². The molecule has 3 aromatic rings. The summed E-state index contributed by atoms with van der Waals surface area (Å²) in [7, 11) is 0. The number of aromatic nitrogens is 3. The van der Waals surface area contributed by atoms with Gasteiger partial charge in [0.05, 0.1) is 17.1 Å². The first kappa shape index (κ1) is 13.9. The molecule has 0 fully saturated rings. The SMILES string of the molecule is CCn1c(N/N=C\c2cccnc2)nc2ccccc2c1=O. The number of rotatable bonds is 4. The van der Waals surface area contributed by atoms with Crippen LogP contribution in [0.5, 0.6) is 0 Å². The van der Waals surface area contributed by atoms with Gasteiger partial charge in [-0.1, -0.05) is 18.2 Å². The normalized spacial score (nSPS) is 11.1. The molecule has 0 saturated carbocycles. The van der Waals surface area contributed by atoms with E-state index in [2.05, 4.69) is 20.5 Å². The third-order valence-electron chi connectivity index (χ3n) is 3.24. The predicted molar refractivity (Wildman–Crippen MR) is 87.1 cm³/mol. The molecule has 0 unspecified atom stereocenters. The van der Waals surface area contributed by atoms with Gasteiger partial charge in [-0.3, -0.25) is 14.3 Å². The zero-order chi connectivity index (χ0) is 15.4. The monoisotopic (exact) mass is 293 g/mol. The maximum absolute atomic E-state index is 12.4. The van der Waals surface area contributed by atoms with Crippen molar-refractivity contribution in [1.82, 2.24) is 14.5 Å². The van der Waals surface area contributed by atoms with E-state index < -0.39 is 0 Å². The third-order valence-corrected chi connectivity index (χ3v) is 3.24. The number of pyridine rings is 1. The van der Waals surface area contributed by atoms with Crippen molar-refractivity contribution in [3.8, 4) is 0 Å². The van der Waals surface area contributed by atoms with Crippen LogP contribution >= 0.6 is 0 Å². The zero-order valence-corrected chi connectivity index (χ0v) is 12.1. The Morgan fingerprint density at radius 1 is 1.27 bits per heavy atom. The van der Waals surface area contributed by atoms with E-state index in [-0.39, 0.29) is 5.56 Å². The molecule has 0 spiro atoms. The first-order chi connectivity index (χ1) is 10.8. The number of fused-ring (bicyclic) bond motifs is 1. The first-order valence-electron chi connectivity index (χ1n) is 6.98. The Morgan fingerprint density at radius 3 is 2.91 bits per heavy atom. The summed E-state index contributed by atoms with van der Waals surface area (Å²) in [6, 6.07) is 11.0. The number of hydrazone groups is 1. The maximum Gasteiger partial charge on any atom is 0.262 e. The second-order valence-electron chi connectivity index (χ2n) is 4.66. The number of nitrogens with zero attached hydrogens (tertiary/aromatic N) is 4. The fourth-order valence-electron chi connectivity index (χ4n) is 2.16. The first-order valence-corrected chi connectivity index (χ1v) is 6.98. The molecule has 0 aliphatic carbocycles. The Morgan fingerprint density at radius 2 is 2.14 bits per heavy atom. The van der Waals surface area contributed by atoms with Crippen LogP contribution in [0.4, 0.5) is 5.95 Å². The van der Waals surface area contributed by atoms with Crippen LogP contribution in [0.2, 0.25) is 0 Å². The fourth-order valence-corrected chi connectivity index (χ4v) is 2.16. The van der Waals surface area contributed by atoms with E-state index in [0.29, 0.717) is 23.4 Å². The van der Waals surface area contributed by atoms with Crippen molar-refractivity contribution in [3.05, 3.63) is 64.7 Å². The predicted octanol–water partition coefficient (Wildman–Crippen LogP) is 2.26. The molecule has 6 heteroatoms. The van der Waals surface area contributed by atoms with Crippen molar-refractivity contribution >= 4 is 23.1 Å². The fraction of sp³-hybridized carbons (Fsp3) is 0.125. The van der Waals surface area contributed by atoms with Crippen LogP contribution in [-0.2, 0) is 6.54 Å². The Kier molecular flexibility index (Phi) is 3.91. The van der Waals surface area contributed by atoms with Crippen LogP contribution in [0.3, 0.4) is 0 Å². The Labute approximate surface area is 127 Å². The molecule has 3 rings (SSSR count). The molecule has 0 saturated heterocycles. The molecule has 1 aromatic carbocycles. The lowest BCUT2D eigenvalue weighted by molar-refractivity contribution is 0.724. The zero-order valence-electron chi connectivity index (χ0n) is 12.1. The molecule has 110 valence electrons. The van der Waals surface area contributed by atoms with Gasteiger partial charge in [-0.15, -0.1) is 0 Å². The van der Waals surface area contributed by atoms with Crippen molar-refractivity contribution in [2.75, 3.05) is 5.43 Å². The molecule has 0 amide bonds. The molecule has 1 N–H and O–H groups in total. The highest BCUT2D eigenvalue weighted by Gasteiger charge is 2.08. The second kappa shape index (κ2) is 6.17. The lowest BCUT2D eigenvalue weighted by Crippen LogP contribution is -2.23. The highest BCUT2D eigenvalue weighted by Crippen LogP contribution is 2.10. The van der Waals surface area contributed by atoms with Crippen LogP contribution in [0.25, 0.3) is 10.9 Å². The number of hydrogen-bond donors (Lipinski definition) is 1. The highest BCUT2D eigenvalue weighted by atomic mass is 16.1. The number of anilines is 1. The van der Waals surface area contributed by atoms with Crippen molar-refractivity contribution in [2.45, 2.75) is 13.5 Å². The number of hydrogen-bond acceptors (Lipinski definition) is 5. The molecule has 0 aliphatic rings. The average Bonchev–Trinajstić information content (AvgIpc) is 2.56. The van der Waals surface area contributed by atoms with E-state index >= 15 is 0 Å². The van der Waals surface area contributed by atoms with Crippen LogP contribution in [0.15, 0.2) is 58.7 Å². The summed E-state index contributed by atoms with van der Waals surface area (Å²) in [5, 5.41) is 4.73. The van der Waals surface area contributed by atoms with E-state index in [9.17, 15) is 4.79 Å². The topological polar surface area (TPSA) is 72.2 Å². The lowest BCUT2D eigenvalue weighted by atomic mass is 10.2. The summed E-state index contributed by atoms with van der Waals surface area (Å²) in [5.41, 5.74) is 4.27. The van der Waals surface area contributed by atoms with Gasteiger partial charge in [-0.2, -0.15) is 5.10 Å². The highest BCUT2D eigenvalue weighted by molar-refractivity contribution is 5.80. The van der Waals surface area contributed by atoms with Crippen molar-refractivity contribution in [2.24, 2.45) is 5.10 Å². The third kappa shape index (κ3) is 2.71. The minimum Gasteiger partial charge on any atom is -0.277 e. The summed E-state index contributed by atoms with van der Waals surface area (Å²) in [6.45, 7) is 2.41. The summed E-state index contributed by atoms with van der Waals surface area (Å²) in [5.74, 6) is 0.423. The molecule has 0 aliphatic heterocycles. The van der Waals surface area contributed by atoms with Crippen molar-refractivity contribution in [1.29, 1.82) is 0 Å². The number of para-hydroxylation sites is 1. The molecule has 22 heavy (non-hydrogen) atoms. The average molecular weight is 293 g/mol. The van der Waals surface area contributed by atoms with Gasteiger partial charge >= 0.3 is 0 Å². The summed E-state index contributed by atoms with van der Waals surface area (Å²) in [4.78, 5) is 20.9. The standard InChI is InChI=1S/C16H15N5O/c1-2-21-15(22)13-7-3-4-8-14(13)19-16(21)20-18-11-12-6-5-9-17-10-12/h3-11H,2H2,1H3,(H,19,20)/b18-11-. The maximum atomic E-state index is 12.4. The largest absolute Gasteiger partial charge is 0.277 e. The second-order valence-corrected chi connectivity index (χ2v) is 4.66.